The number of Topliss-reactive ketones (excluding diaryl/α,β-unsaturated/α-hetero) is 1. The molecule has 12 atom stereocenters. The molecule has 2 aromatic rings. The number of rotatable bonds is 11. The van der Waals surface area contributed by atoms with E-state index in [2.05, 4.69) is 5.32 Å². The van der Waals surface area contributed by atoms with Crippen LogP contribution >= 0.6 is 0 Å². The van der Waals surface area contributed by atoms with Crippen LogP contribution < -0.4 is 5.32 Å². The summed E-state index contributed by atoms with van der Waals surface area (Å²) in [5.41, 5.74) is -6.87. The van der Waals surface area contributed by atoms with E-state index in [0.717, 1.165) is 13.8 Å². The minimum atomic E-state index is -2.33. The predicted molar refractivity (Wildman–Crippen MR) is 226 cm³/mol. The first kappa shape index (κ1) is 46.1. The van der Waals surface area contributed by atoms with Crippen molar-refractivity contribution in [3.05, 3.63) is 108 Å². The van der Waals surface area contributed by atoms with Gasteiger partial charge >= 0.3 is 29.8 Å². The molecule has 15 nitrogen and oxygen atoms in total. The summed E-state index contributed by atoms with van der Waals surface area (Å²) in [6.45, 7) is 8.00. The lowest BCUT2D eigenvalue weighted by Crippen LogP contribution is -2.78. The van der Waals surface area contributed by atoms with Gasteiger partial charge in [-0.3, -0.25) is 28.8 Å². The zero-order valence-corrected chi connectivity index (χ0v) is 36.7. The van der Waals surface area contributed by atoms with Crippen molar-refractivity contribution in [2.45, 2.75) is 121 Å². The highest BCUT2D eigenvalue weighted by Crippen LogP contribution is 2.67. The van der Waals surface area contributed by atoms with E-state index in [4.69, 9.17) is 23.7 Å². The van der Waals surface area contributed by atoms with E-state index in [1.807, 2.05) is 0 Å². The van der Waals surface area contributed by atoms with E-state index < -0.39 is 124 Å². The molecule has 2 bridgehead atoms. The highest BCUT2D eigenvalue weighted by atomic mass is 16.6. The van der Waals surface area contributed by atoms with Gasteiger partial charge in [-0.15, -0.1) is 0 Å². The Morgan fingerprint density at radius 2 is 1.52 bits per heavy atom. The van der Waals surface area contributed by atoms with Gasteiger partial charge in [0.1, 0.15) is 29.5 Å². The highest BCUT2D eigenvalue weighted by molar-refractivity contribution is 5.96. The number of ether oxygens (including phenoxy) is 5. The molecule has 0 aromatic heterocycles. The number of allylic oxidation sites excluding steroid dienone is 3. The number of amides is 1. The maximum atomic E-state index is 15.5. The molecule has 340 valence electrons. The lowest BCUT2D eigenvalue weighted by Gasteiger charge is -2.68. The molecule has 3 unspecified atom stereocenters. The van der Waals surface area contributed by atoms with Crippen LogP contribution in [0.25, 0.3) is 0 Å². The van der Waals surface area contributed by atoms with E-state index >= 15 is 4.79 Å². The molecule has 1 amide bonds. The smallest absolute Gasteiger partial charge is 0.350 e. The van der Waals surface area contributed by atoms with Gasteiger partial charge < -0.3 is 39.2 Å². The summed E-state index contributed by atoms with van der Waals surface area (Å²) < 4.78 is 30.4. The number of carbonyl (C=O) groups excluding carboxylic acids is 7. The fraction of sp³-hybridized carbons (Fsp3) is 0.490. The van der Waals surface area contributed by atoms with E-state index in [9.17, 15) is 39.0 Å². The largest absolute Gasteiger partial charge is 0.458 e. The molecule has 0 heterocycles. The van der Waals surface area contributed by atoms with Gasteiger partial charge in [-0.2, -0.15) is 0 Å². The standard InChI is InChI=1S/C49H55NO14/c1-27(51)60-38-35-25-34(62-45(58)39(61-28(2)52)37(30-16-10-7-11-17-30)50-43(56)31-18-12-8-13-19-31)26-49(59,46(35,4)5)42(63-44(57)32-20-14-9-15-21-32)40-47(6,41(38)55)36(54)24-33-22-23-48(33,40)64-29(3)53/h7-20,25,32-34,36-40,42,54,59H,21-24,26H2,1-6H3,(H,50,56)/t32?,33-,34?,36?,37+,38-,39-,40+,42+,47-,48+,49-/m1/s1. The average Bonchev–Trinajstić information content (AvgIpc) is 3.25. The van der Waals surface area contributed by atoms with Gasteiger partial charge in [-0.25, -0.2) is 4.79 Å². The van der Waals surface area contributed by atoms with Gasteiger partial charge in [0.2, 0.25) is 6.10 Å². The van der Waals surface area contributed by atoms with Crippen molar-refractivity contribution >= 4 is 41.5 Å². The van der Waals surface area contributed by atoms with Crippen LogP contribution in [0.2, 0.25) is 0 Å². The van der Waals surface area contributed by atoms with Gasteiger partial charge in [-0.1, -0.05) is 86.7 Å². The van der Waals surface area contributed by atoms with Crippen molar-refractivity contribution in [1.82, 2.24) is 5.32 Å². The zero-order chi connectivity index (χ0) is 46.4. The lowest BCUT2D eigenvalue weighted by atomic mass is 9.41. The van der Waals surface area contributed by atoms with Crippen molar-refractivity contribution in [1.29, 1.82) is 0 Å². The fourth-order valence-corrected chi connectivity index (χ4v) is 10.8. The molecular weight excluding hydrogens is 827 g/mol. The van der Waals surface area contributed by atoms with Crippen LogP contribution in [0.15, 0.2) is 96.6 Å². The zero-order valence-electron chi connectivity index (χ0n) is 36.7. The van der Waals surface area contributed by atoms with Gasteiger partial charge in [-0.05, 0) is 62.0 Å². The molecular formula is C49H55NO14. The summed E-state index contributed by atoms with van der Waals surface area (Å²) in [6.07, 6.45) is 0.376. The van der Waals surface area contributed by atoms with E-state index in [-0.39, 0.29) is 30.4 Å². The molecule has 5 aliphatic rings. The second-order valence-corrected chi connectivity index (χ2v) is 18.3. The minimum absolute atomic E-state index is 0.0116. The quantitative estimate of drug-likeness (QED) is 0.158. The first-order chi connectivity index (χ1) is 30.2. The Bertz CT molecular complexity index is 2290. The fourth-order valence-electron chi connectivity index (χ4n) is 10.8. The van der Waals surface area contributed by atoms with Crippen LogP contribution in [0.1, 0.15) is 95.6 Å². The second-order valence-electron chi connectivity index (χ2n) is 18.3. The van der Waals surface area contributed by atoms with E-state index in [1.54, 1.807) is 98.8 Å². The third-order valence-electron chi connectivity index (χ3n) is 14.2. The Labute approximate surface area is 371 Å². The van der Waals surface area contributed by atoms with Crippen LogP contribution in [0.4, 0.5) is 0 Å². The summed E-state index contributed by atoms with van der Waals surface area (Å²) >= 11 is 0. The average molecular weight is 882 g/mol. The summed E-state index contributed by atoms with van der Waals surface area (Å²) in [6, 6.07) is 15.2. The third kappa shape index (κ3) is 8.08. The predicted octanol–water partition coefficient (Wildman–Crippen LogP) is 4.75. The van der Waals surface area contributed by atoms with Crippen molar-refractivity contribution in [2.75, 3.05) is 0 Å². The Hall–Kier alpha value is -5.93. The molecule has 5 aliphatic carbocycles. The van der Waals surface area contributed by atoms with Crippen molar-refractivity contribution < 1.29 is 67.5 Å². The number of hydrogen-bond acceptors (Lipinski definition) is 14. The summed E-state index contributed by atoms with van der Waals surface area (Å²) in [5, 5.41) is 28.7. The minimum Gasteiger partial charge on any atom is -0.458 e. The lowest BCUT2D eigenvalue weighted by molar-refractivity contribution is -0.300. The topological polar surface area (TPSA) is 218 Å². The number of aliphatic hydroxyl groups is 2. The van der Waals surface area contributed by atoms with Gasteiger partial charge in [0.25, 0.3) is 5.91 Å². The molecule has 3 fully saturated rings. The number of esters is 5. The molecule has 7 rings (SSSR count). The number of nitrogens with one attached hydrogen (secondary N) is 1. The van der Waals surface area contributed by atoms with Crippen molar-refractivity contribution in [3.8, 4) is 0 Å². The normalized spacial score (nSPS) is 33.1. The second kappa shape index (κ2) is 17.6. The molecule has 64 heavy (non-hydrogen) atoms. The van der Waals surface area contributed by atoms with Crippen LogP contribution in [-0.2, 0) is 52.5 Å². The number of hydrogen-bond donors (Lipinski definition) is 3. The molecule has 0 aliphatic heterocycles. The molecule has 3 saturated carbocycles. The Morgan fingerprint density at radius 3 is 2.09 bits per heavy atom. The summed E-state index contributed by atoms with van der Waals surface area (Å²) in [7, 11) is 0. The molecule has 0 radical (unpaired) electrons. The molecule has 0 spiro atoms. The van der Waals surface area contributed by atoms with Crippen molar-refractivity contribution in [2.24, 2.45) is 28.6 Å². The van der Waals surface area contributed by atoms with Crippen LogP contribution in [0.5, 0.6) is 0 Å². The monoisotopic (exact) mass is 881 g/mol. The number of ketones is 1. The highest BCUT2D eigenvalue weighted by Gasteiger charge is 2.77. The maximum absolute atomic E-state index is 15.5. The van der Waals surface area contributed by atoms with E-state index in [1.165, 1.54) is 19.9 Å². The molecule has 2 aromatic carbocycles. The summed E-state index contributed by atoms with van der Waals surface area (Å²) in [4.78, 5) is 97.0. The van der Waals surface area contributed by atoms with Gasteiger partial charge in [0.15, 0.2) is 11.9 Å². The van der Waals surface area contributed by atoms with Crippen LogP contribution in [0.3, 0.4) is 0 Å². The van der Waals surface area contributed by atoms with Gasteiger partial charge in [0, 0.05) is 44.1 Å². The van der Waals surface area contributed by atoms with Crippen LogP contribution in [0, 0.1) is 28.6 Å². The molecule has 0 saturated heterocycles. The number of fused-ring (bicyclic) bond motifs is 5. The first-order valence-electron chi connectivity index (χ1n) is 21.6. The third-order valence-corrected chi connectivity index (χ3v) is 14.2. The first-order valence-corrected chi connectivity index (χ1v) is 21.6. The summed E-state index contributed by atoms with van der Waals surface area (Å²) in [5.74, 6) is -8.56. The Kier molecular flexibility index (Phi) is 12.6. The Balaban J connectivity index is 1.38. The molecule has 15 heteroatoms. The van der Waals surface area contributed by atoms with Crippen molar-refractivity contribution in [3.63, 3.8) is 0 Å². The maximum Gasteiger partial charge on any atom is 0.350 e. The number of aliphatic hydroxyl groups excluding tert-OH is 1. The number of carbonyl (C=O) groups is 7. The SMILES string of the molecule is CC(=O)O[C@H]1C(=O)[C@]2(C)C(O)C[C@H]3CC[C@@]3(OC(C)=O)[C@H]2[C@H](OC(=O)C2C=CC=CC2)[C@]2(O)CC(OC(=O)[C@H](OC(C)=O)[C@@H](NC(=O)c3ccccc3)c3ccccc3)C=C1C2(C)C. The van der Waals surface area contributed by atoms with Gasteiger partial charge in [0.05, 0.1) is 23.4 Å². The number of benzene rings is 2. The molecule has 3 N–H and O–H groups in total. The van der Waals surface area contributed by atoms with E-state index in [0.29, 0.717) is 12.0 Å². The Morgan fingerprint density at radius 1 is 0.844 bits per heavy atom. The van der Waals surface area contributed by atoms with Crippen LogP contribution in [-0.4, -0.2) is 93.5 Å².